The summed E-state index contributed by atoms with van der Waals surface area (Å²) in [6, 6.07) is 16.5. The number of ketones is 1. The van der Waals surface area contributed by atoms with Gasteiger partial charge in [-0.2, -0.15) is 0 Å². The normalized spacial score (nSPS) is 12.2. The van der Waals surface area contributed by atoms with Crippen LogP contribution in [-0.4, -0.2) is 33.7 Å². The van der Waals surface area contributed by atoms with E-state index < -0.39 is 6.10 Å². The number of unbranched alkanes of at least 4 members (excludes halogenated alkanes) is 3. The number of rotatable bonds is 12. The van der Waals surface area contributed by atoms with Crippen LogP contribution in [0.3, 0.4) is 0 Å². The number of hydrogen-bond acceptors (Lipinski definition) is 4. The lowest BCUT2D eigenvalue weighted by Gasteiger charge is -2.11. The number of Topliss-reactive ketones (excluding diaryl/α,β-unsaturated/α-hetero) is 1. The van der Waals surface area contributed by atoms with Gasteiger partial charge in [0, 0.05) is 24.4 Å². The van der Waals surface area contributed by atoms with Crippen molar-refractivity contribution in [1.82, 2.24) is 4.98 Å². The standard InChI is InChI=1S/C27H33NO3/c1-2-3-4-5-10-23(30)16-21-17-26-25(11-7-12-27(26)28-18-21)22-9-6-8-20(15-22)13-14-24(31)19-29/h6-9,11-12,15,17-18,24,29,31H,2-5,10,13-14,16,19H2,1H3. The molecule has 1 aromatic heterocycles. The molecule has 1 unspecified atom stereocenters. The molecule has 0 aliphatic rings. The quantitative estimate of drug-likeness (QED) is 0.392. The lowest BCUT2D eigenvalue weighted by molar-refractivity contribution is -0.118. The number of nitrogens with zero attached hydrogens (tertiary/aromatic N) is 1. The molecule has 3 rings (SSSR count). The van der Waals surface area contributed by atoms with E-state index in [4.69, 9.17) is 5.11 Å². The van der Waals surface area contributed by atoms with Gasteiger partial charge in [0.1, 0.15) is 5.78 Å². The summed E-state index contributed by atoms with van der Waals surface area (Å²) in [6.45, 7) is 1.96. The highest BCUT2D eigenvalue weighted by atomic mass is 16.3. The van der Waals surface area contributed by atoms with Crippen molar-refractivity contribution >= 4 is 16.7 Å². The Balaban J connectivity index is 1.80. The van der Waals surface area contributed by atoms with Crippen molar-refractivity contribution in [3.63, 3.8) is 0 Å². The van der Waals surface area contributed by atoms with Crippen LogP contribution in [0.25, 0.3) is 22.0 Å². The van der Waals surface area contributed by atoms with E-state index in [9.17, 15) is 9.90 Å². The number of aromatic nitrogens is 1. The minimum absolute atomic E-state index is 0.214. The van der Waals surface area contributed by atoms with Gasteiger partial charge < -0.3 is 10.2 Å². The number of fused-ring (bicyclic) bond motifs is 1. The molecule has 0 saturated carbocycles. The molecular formula is C27H33NO3. The van der Waals surface area contributed by atoms with E-state index in [1.807, 2.05) is 30.5 Å². The van der Waals surface area contributed by atoms with Crippen LogP contribution in [0.1, 0.15) is 56.6 Å². The van der Waals surface area contributed by atoms with Gasteiger partial charge >= 0.3 is 0 Å². The highest BCUT2D eigenvalue weighted by Gasteiger charge is 2.10. The first kappa shape index (κ1) is 23.1. The summed E-state index contributed by atoms with van der Waals surface area (Å²) < 4.78 is 0. The highest BCUT2D eigenvalue weighted by Crippen LogP contribution is 2.29. The second kappa shape index (κ2) is 11.7. The molecular weight excluding hydrogens is 386 g/mol. The maximum Gasteiger partial charge on any atom is 0.137 e. The van der Waals surface area contributed by atoms with E-state index in [1.54, 1.807) is 0 Å². The lowest BCUT2D eigenvalue weighted by Crippen LogP contribution is -2.12. The van der Waals surface area contributed by atoms with Crippen LogP contribution in [0.2, 0.25) is 0 Å². The van der Waals surface area contributed by atoms with Crippen LogP contribution in [0.5, 0.6) is 0 Å². The molecule has 0 radical (unpaired) electrons. The molecule has 4 heteroatoms. The molecule has 0 aliphatic carbocycles. The fourth-order valence-corrected chi connectivity index (χ4v) is 3.92. The van der Waals surface area contributed by atoms with Crippen molar-refractivity contribution in [2.75, 3.05) is 6.61 Å². The van der Waals surface area contributed by atoms with Crippen LogP contribution in [0.4, 0.5) is 0 Å². The van der Waals surface area contributed by atoms with Crippen molar-refractivity contribution in [3.8, 4) is 11.1 Å². The Labute approximate surface area is 185 Å². The minimum atomic E-state index is -0.688. The largest absolute Gasteiger partial charge is 0.394 e. The van der Waals surface area contributed by atoms with Crippen molar-refractivity contribution in [2.45, 2.75) is 64.4 Å². The van der Waals surface area contributed by atoms with Gasteiger partial charge in [0.2, 0.25) is 0 Å². The molecule has 164 valence electrons. The predicted molar refractivity (Wildman–Crippen MR) is 126 cm³/mol. The van der Waals surface area contributed by atoms with Gasteiger partial charge in [-0.05, 0) is 53.6 Å². The van der Waals surface area contributed by atoms with Crippen LogP contribution >= 0.6 is 0 Å². The molecule has 1 atom stereocenters. The van der Waals surface area contributed by atoms with Gasteiger partial charge in [0.25, 0.3) is 0 Å². The lowest BCUT2D eigenvalue weighted by atomic mass is 9.96. The first-order valence-electron chi connectivity index (χ1n) is 11.4. The summed E-state index contributed by atoms with van der Waals surface area (Å²) in [4.78, 5) is 17.0. The molecule has 0 amide bonds. The first-order valence-corrected chi connectivity index (χ1v) is 11.4. The zero-order valence-corrected chi connectivity index (χ0v) is 18.4. The van der Waals surface area contributed by atoms with E-state index in [0.29, 0.717) is 25.7 Å². The second-order valence-electron chi connectivity index (χ2n) is 8.32. The van der Waals surface area contributed by atoms with E-state index in [-0.39, 0.29) is 12.4 Å². The summed E-state index contributed by atoms with van der Waals surface area (Å²) in [5, 5.41) is 19.7. The zero-order chi connectivity index (χ0) is 22.1. The number of carbonyl (C=O) groups is 1. The number of aryl methyl sites for hydroxylation is 1. The Kier molecular flexibility index (Phi) is 8.74. The van der Waals surface area contributed by atoms with E-state index in [2.05, 4.69) is 36.2 Å². The number of pyridine rings is 1. The Morgan fingerprint density at radius 3 is 2.68 bits per heavy atom. The van der Waals surface area contributed by atoms with Crippen LogP contribution in [0.15, 0.2) is 54.7 Å². The SMILES string of the molecule is CCCCCCC(=O)Cc1cnc2cccc(-c3cccc(CCC(O)CO)c3)c2c1. The number of aliphatic hydroxyl groups excluding tert-OH is 2. The van der Waals surface area contributed by atoms with E-state index >= 15 is 0 Å². The molecule has 0 saturated heterocycles. The molecule has 0 bridgehead atoms. The number of aliphatic hydroxyl groups is 2. The third kappa shape index (κ3) is 6.71. The van der Waals surface area contributed by atoms with Crippen LogP contribution in [0, 0.1) is 0 Å². The van der Waals surface area contributed by atoms with Crippen molar-refractivity contribution in [2.24, 2.45) is 0 Å². The van der Waals surface area contributed by atoms with Crippen LogP contribution < -0.4 is 0 Å². The van der Waals surface area contributed by atoms with Crippen molar-refractivity contribution in [1.29, 1.82) is 0 Å². The maximum absolute atomic E-state index is 12.4. The summed E-state index contributed by atoms with van der Waals surface area (Å²) >= 11 is 0. The Morgan fingerprint density at radius 1 is 1.03 bits per heavy atom. The molecule has 2 N–H and O–H groups in total. The Hall–Kier alpha value is -2.56. The maximum atomic E-state index is 12.4. The minimum Gasteiger partial charge on any atom is -0.394 e. The monoisotopic (exact) mass is 419 g/mol. The average molecular weight is 420 g/mol. The van der Waals surface area contributed by atoms with Gasteiger partial charge in [0.15, 0.2) is 0 Å². The third-order valence-electron chi connectivity index (χ3n) is 5.71. The number of hydrogen-bond donors (Lipinski definition) is 2. The summed E-state index contributed by atoms with van der Waals surface area (Å²) in [6.07, 6.45) is 7.89. The van der Waals surface area contributed by atoms with Gasteiger partial charge in [0.05, 0.1) is 18.2 Å². The van der Waals surface area contributed by atoms with Crippen LogP contribution in [-0.2, 0) is 17.6 Å². The number of carbonyl (C=O) groups excluding carboxylic acids is 1. The van der Waals surface area contributed by atoms with E-state index in [0.717, 1.165) is 46.0 Å². The molecule has 2 aromatic carbocycles. The average Bonchev–Trinajstić information content (AvgIpc) is 2.80. The first-order chi connectivity index (χ1) is 15.1. The van der Waals surface area contributed by atoms with Crippen molar-refractivity contribution < 1.29 is 15.0 Å². The van der Waals surface area contributed by atoms with Gasteiger partial charge in [-0.1, -0.05) is 62.6 Å². The number of benzene rings is 2. The molecule has 0 fully saturated rings. The smallest absolute Gasteiger partial charge is 0.137 e. The zero-order valence-electron chi connectivity index (χ0n) is 18.4. The Bertz CT molecular complexity index is 999. The predicted octanol–water partition coefficient (Wildman–Crippen LogP) is 5.27. The second-order valence-corrected chi connectivity index (χ2v) is 8.32. The van der Waals surface area contributed by atoms with E-state index in [1.165, 1.54) is 12.8 Å². The van der Waals surface area contributed by atoms with Gasteiger partial charge in [-0.25, -0.2) is 0 Å². The molecule has 0 aliphatic heterocycles. The molecule has 0 spiro atoms. The molecule has 4 nitrogen and oxygen atoms in total. The van der Waals surface area contributed by atoms with Gasteiger partial charge in [-0.3, -0.25) is 9.78 Å². The summed E-state index contributed by atoms with van der Waals surface area (Å²) in [5.74, 6) is 0.277. The third-order valence-corrected chi connectivity index (χ3v) is 5.71. The van der Waals surface area contributed by atoms with Crippen molar-refractivity contribution in [3.05, 3.63) is 65.9 Å². The van der Waals surface area contributed by atoms with Gasteiger partial charge in [-0.15, -0.1) is 0 Å². The Morgan fingerprint density at radius 2 is 1.87 bits per heavy atom. The molecule has 1 heterocycles. The summed E-state index contributed by atoms with van der Waals surface area (Å²) in [5.41, 5.74) is 5.17. The topological polar surface area (TPSA) is 70.4 Å². The highest BCUT2D eigenvalue weighted by molar-refractivity contribution is 5.95. The molecule has 3 aromatic rings. The summed E-state index contributed by atoms with van der Waals surface area (Å²) in [7, 11) is 0. The fraction of sp³-hybridized carbons (Fsp3) is 0.407. The fourth-order valence-electron chi connectivity index (χ4n) is 3.92. The molecule has 31 heavy (non-hydrogen) atoms.